The van der Waals surface area contributed by atoms with Gasteiger partial charge >= 0.3 is 0 Å². The van der Waals surface area contributed by atoms with Crippen molar-refractivity contribution in [1.29, 1.82) is 0 Å². The van der Waals surface area contributed by atoms with Gasteiger partial charge in [-0.15, -0.1) is 0 Å². The normalized spacial score (nSPS) is 11.0. The van der Waals surface area contributed by atoms with Crippen molar-refractivity contribution in [2.75, 3.05) is 6.61 Å². The first-order chi connectivity index (χ1) is 8.21. The largest absolute Gasteiger partial charge is 0.487 e. The van der Waals surface area contributed by atoms with E-state index in [2.05, 4.69) is 22.5 Å². The van der Waals surface area contributed by atoms with Gasteiger partial charge in [-0.3, -0.25) is 10.1 Å². The predicted molar refractivity (Wildman–Crippen MR) is 69.7 cm³/mol. The predicted octanol–water partition coefficient (Wildman–Crippen LogP) is 2.81. The number of benzene rings is 1. The molecule has 9 heteroatoms. The van der Waals surface area contributed by atoms with Gasteiger partial charge in [0.25, 0.3) is 14.7 Å². The molecule has 0 fully saturated rings. The Hall–Kier alpha value is -1.12. The molecule has 0 aliphatic carbocycles. The number of ether oxygens (including phenoxy) is 1. The van der Waals surface area contributed by atoms with Crippen molar-refractivity contribution in [3.63, 3.8) is 0 Å². The third kappa shape index (κ3) is 3.97. The van der Waals surface area contributed by atoms with Crippen LogP contribution < -0.4 is 4.74 Å². The van der Waals surface area contributed by atoms with Crippen LogP contribution in [0, 0.1) is 10.1 Å². The molecule has 0 radical (unpaired) electrons. The van der Waals surface area contributed by atoms with Crippen molar-refractivity contribution >= 4 is 41.4 Å². The van der Waals surface area contributed by atoms with Crippen LogP contribution >= 0.6 is 26.6 Å². The molecule has 0 spiro atoms. The van der Waals surface area contributed by atoms with Gasteiger partial charge in [-0.25, -0.2) is 8.42 Å². The highest BCUT2D eigenvalue weighted by Gasteiger charge is 2.21. The Morgan fingerprint density at radius 2 is 2.17 bits per heavy atom. The second-order valence-electron chi connectivity index (χ2n) is 3.13. The van der Waals surface area contributed by atoms with Gasteiger partial charge in [-0.05, 0) is 6.07 Å². The minimum atomic E-state index is -4.14. The van der Waals surface area contributed by atoms with Gasteiger partial charge in [0.15, 0.2) is 0 Å². The Labute approximate surface area is 116 Å². The fourth-order valence-corrected chi connectivity index (χ4v) is 2.18. The molecule has 0 aliphatic heterocycles. The van der Waals surface area contributed by atoms with E-state index in [1.807, 2.05) is 0 Å². The van der Waals surface area contributed by atoms with Crippen LogP contribution in [0.4, 0.5) is 5.69 Å². The van der Waals surface area contributed by atoms with Crippen molar-refractivity contribution in [3.8, 4) is 5.75 Å². The smallest absolute Gasteiger partial charge is 0.271 e. The van der Waals surface area contributed by atoms with Crippen LogP contribution in [0.25, 0.3) is 0 Å². The molecular formula is C9H7BrClNO5S. The lowest BCUT2D eigenvalue weighted by atomic mass is 10.3. The van der Waals surface area contributed by atoms with E-state index in [1.165, 1.54) is 6.07 Å². The summed E-state index contributed by atoms with van der Waals surface area (Å²) in [5.74, 6) is -0.0730. The second-order valence-corrected chi connectivity index (χ2v) is 6.79. The summed E-state index contributed by atoms with van der Waals surface area (Å²) >= 11 is 3.03. The number of hydrogen-bond acceptors (Lipinski definition) is 5. The Morgan fingerprint density at radius 1 is 1.56 bits per heavy atom. The van der Waals surface area contributed by atoms with E-state index in [1.54, 1.807) is 0 Å². The lowest BCUT2D eigenvalue weighted by Gasteiger charge is -2.08. The fraction of sp³-hybridized carbons (Fsp3) is 0.111. The first-order valence-corrected chi connectivity index (χ1v) is 7.51. The zero-order valence-electron chi connectivity index (χ0n) is 8.80. The molecule has 6 nitrogen and oxygen atoms in total. The minimum absolute atomic E-state index is 0.0111. The number of halogens is 2. The van der Waals surface area contributed by atoms with Crippen LogP contribution in [-0.2, 0) is 9.05 Å². The summed E-state index contributed by atoms with van der Waals surface area (Å²) in [5.41, 5.74) is -0.390. The highest BCUT2D eigenvalue weighted by molar-refractivity contribution is 9.11. The van der Waals surface area contributed by atoms with Gasteiger partial charge in [0.1, 0.15) is 17.3 Å². The summed E-state index contributed by atoms with van der Waals surface area (Å²) in [6, 6.07) is 3.13. The number of hydrogen-bond donors (Lipinski definition) is 0. The molecule has 0 amide bonds. The highest BCUT2D eigenvalue weighted by atomic mass is 79.9. The van der Waals surface area contributed by atoms with Crippen LogP contribution in [-0.4, -0.2) is 19.9 Å². The molecule has 0 saturated heterocycles. The molecule has 0 unspecified atom stereocenters. The average molecular weight is 357 g/mol. The molecule has 0 bridgehead atoms. The fourth-order valence-electron chi connectivity index (χ4n) is 1.08. The van der Waals surface area contributed by atoms with Crippen molar-refractivity contribution in [1.82, 2.24) is 0 Å². The SMILES string of the molecule is C=C(Br)COc1ccc([N+](=O)[O-])cc1S(=O)(=O)Cl. The maximum Gasteiger partial charge on any atom is 0.271 e. The molecule has 0 atom stereocenters. The first kappa shape index (κ1) is 14.9. The zero-order chi connectivity index (χ0) is 13.9. The van der Waals surface area contributed by atoms with Crippen LogP contribution in [0.15, 0.2) is 34.2 Å². The Balaban J connectivity index is 3.26. The minimum Gasteiger partial charge on any atom is -0.487 e. The van der Waals surface area contributed by atoms with Crippen molar-refractivity contribution in [2.24, 2.45) is 0 Å². The van der Waals surface area contributed by atoms with E-state index in [0.717, 1.165) is 12.1 Å². The van der Waals surface area contributed by atoms with Crippen LogP contribution in [0.5, 0.6) is 5.75 Å². The second kappa shape index (κ2) is 5.68. The van der Waals surface area contributed by atoms with Crippen molar-refractivity contribution in [3.05, 3.63) is 39.4 Å². The van der Waals surface area contributed by atoms with Crippen LogP contribution in [0.2, 0.25) is 0 Å². The topological polar surface area (TPSA) is 86.5 Å². The van der Waals surface area contributed by atoms with Gasteiger partial charge in [0, 0.05) is 27.3 Å². The summed E-state index contributed by atoms with van der Waals surface area (Å²) < 4.78 is 28.2. The Bertz CT molecular complexity index is 601. The summed E-state index contributed by atoms with van der Waals surface area (Å²) in [4.78, 5) is 9.39. The first-order valence-electron chi connectivity index (χ1n) is 4.41. The third-order valence-corrected chi connectivity index (χ3v) is 3.36. The molecule has 1 rings (SSSR count). The van der Waals surface area contributed by atoms with Gasteiger partial charge in [0.05, 0.1) is 4.92 Å². The molecule has 1 aromatic rings. The Morgan fingerprint density at radius 3 is 2.61 bits per heavy atom. The van der Waals surface area contributed by atoms with E-state index in [-0.39, 0.29) is 18.0 Å². The molecular weight excluding hydrogens is 350 g/mol. The molecule has 0 N–H and O–H groups in total. The van der Waals surface area contributed by atoms with Crippen LogP contribution in [0.3, 0.4) is 0 Å². The van der Waals surface area contributed by atoms with E-state index >= 15 is 0 Å². The monoisotopic (exact) mass is 355 g/mol. The maximum atomic E-state index is 11.3. The summed E-state index contributed by atoms with van der Waals surface area (Å²) in [6.07, 6.45) is 0. The van der Waals surface area contributed by atoms with E-state index in [4.69, 9.17) is 15.4 Å². The van der Waals surface area contributed by atoms with Gasteiger partial charge in [-0.2, -0.15) is 0 Å². The van der Waals surface area contributed by atoms with E-state index < -0.39 is 18.9 Å². The lowest BCUT2D eigenvalue weighted by Crippen LogP contribution is -2.02. The lowest BCUT2D eigenvalue weighted by molar-refractivity contribution is -0.385. The zero-order valence-corrected chi connectivity index (χ0v) is 12.0. The third-order valence-electron chi connectivity index (χ3n) is 1.79. The summed E-state index contributed by atoms with van der Waals surface area (Å²) in [7, 11) is 1.05. The molecule has 0 heterocycles. The maximum absolute atomic E-state index is 11.3. The molecule has 98 valence electrons. The number of rotatable bonds is 5. The number of nitro benzene ring substituents is 1. The molecule has 0 aromatic heterocycles. The quantitative estimate of drug-likeness (QED) is 0.460. The number of nitro groups is 1. The molecule has 0 saturated carbocycles. The number of non-ortho nitro benzene ring substituents is 1. The van der Waals surface area contributed by atoms with Gasteiger partial charge < -0.3 is 4.74 Å². The standard InChI is InChI=1S/C9H7BrClNO5S/c1-6(10)5-17-8-3-2-7(12(13)14)4-9(8)18(11,15)16/h2-4H,1,5H2. The molecule has 1 aromatic carbocycles. The number of nitrogens with zero attached hydrogens (tertiary/aromatic N) is 1. The Kier molecular flexibility index (Phi) is 4.71. The van der Waals surface area contributed by atoms with Crippen LogP contribution in [0.1, 0.15) is 0 Å². The highest BCUT2D eigenvalue weighted by Crippen LogP contribution is 2.31. The average Bonchev–Trinajstić information content (AvgIpc) is 2.24. The molecule has 0 aliphatic rings. The van der Waals surface area contributed by atoms with Crippen molar-refractivity contribution in [2.45, 2.75) is 4.90 Å². The van der Waals surface area contributed by atoms with Crippen molar-refractivity contribution < 1.29 is 18.1 Å². The van der Waals surface area contributed by atoms with E-state index in [9.17, 15) is 18.5 Å². The molecule has 18 heavy (non-hydrogen) atoms. The summed E-state index contributed by atoms with van der Waals surface area (Å²) in [5, 5.41) is 10.6. The van der Waals surface area contributed by atoms with E-state index in [0.29, 0.717) is 4.48 Å². The van der Waals surface area contributed by atoms with Gasteiger partial charge in [-0.1, -0.05) is 22.5 Å². The van der Waals surface area contributed by atoms with Gasteiger partial charge in [0.2, 0.25) is 0 Å². The summed E-state index contributed by atoms with van der Waals surface area (Å²) in [6.45, 7) is 3.52.